The predicted octanol–water partition coefficient (Wildman–Crippen LogP) is 5.24. The number of fused-ring (bicyclic) bond motifs is 2. The van der Waals surface area contributed by atoms with Crippen molar-refractivity contribution in [2.45, 2.75) is 115 Å². The first-order valence-corrected chi connectivity index (χ1v) is 14.0. The fourth-order valence-electron chi connectivity index (χ4n) is 6.90. The summed E-state index contributed by atoms with van der Waals surface area (Å²) >= 11 is 0. The Morgan fingerprint density at radius 2 is 1.78 bits per heavy atom. The summed E-state index contributed by atoms with van der Waals surface area (Å²) in [5.74, 6) is 2.15. The van der Waals surface area contributed by atoms with Crippen LogP contribution in [0.4, 0.5) is 4.39 Å². The maximum atomic E-state index is 14.0. The molecule has 2 saturated heterocycles. The molecule has 1 amide bonds. The number of rotatable bonds is 8. The zero-order chi connectivity index (χ0) is 25.2. The van der Waals surface area contributed by atoms with Gasteiger partial charge in [-0.1, -0.05) is 39.2 Å². The maximum Gasteiger partial charge on any atom is 0.223 e. The van der Waals surface area contributed by atoms with E-state index < -0.39 is 5.95 Å². The number of aryl methyl sites for hydroxylation is 1. The fraction of sp³-hybridized carbons (Fsp3) is 0.714. The minimum atomic E-state index is -0.490. The smallest absolute Gasteiger partial charge is 0.223 e. The molecule has 2 aromatic heterocycles. The highest BCUT2D eigenvalue weighted by Crippen LogP contribution is 2.42. The molecule has 36 heavy (non-hydrogen) atoms. The van der Waals surface area contributed by atoms with Gasteiger partial charge in [-0.3, -0.25) is 9.69 Å². The van der Waals surface area contributed by atoms with Crippen molar-refractivity contribution >= 4 is 5.91 Å². The molecule has 196 valence electrons. The number of hydrogen-bond donors (Lipinski definition) is 1. The Morgan fingerprint density at radius 3 is 2.44 bits per heavy atom. The number of hydrogen-bond acceptors (Lipinski definition) is 5. The minimum Gasteiger partial charge on any atom is -0.347 e. The lowest BCUT2D eigenvalue weighted by Crippen LogP contribution is -2.45. The first-order chi connectivity index (χ1) is 17.4. The van der Waals surface area contributed by atoms with E-state index in [0.717, 1.165) is 63.1 Å². The molecule has 2 bridgehead atoms. The highest BCUT2D eigenvalue weighted by atomic mass is 19.1. The average molecular weight is 497 g/mol. The zero-order valence-electron chi connectivity index (χ0n) is 22.0. The topological polar surface area (TPSA) is 75.9 Å². The van der Waals surface area contributed by atoms with E-state index in [1.807, 2.05) is 6.07 Å². The molecule has 7 nitrogen and oxygen atoms in total. The molecule has 0 spiro atoms. The molecule has 8 heteroatoms. The second-order valence-electron chi connectivity index (χ2n) is 11.4. The molecule has 1 N–H and O–H groups in total. The molecule has 2 unspecified atom stereocenters. The number of amides is 1. The number of carbonyl (C=O) groups excluding carboxylic acids is 1. The van der Waals surface area contributed by atoms with Crippen molar-refractivity contribution in [2.75, 3.05) is 6.54 Å². The van der Waals surface area contributed by atoms with Crippen LogP contribution in [0, 0.1) is 18.8 Å². The van der Waals surface area contributed by atoms with Gasteiger partial charge in [0.25, 0.3) is 0 Å². The highest BCUT2D eigenvalue weighted by molar-refractivity contribution is 5.79. The lowest BCUT2D eigenvalue weighted by molar-refractivity contribution is -0.126. The van der Waals surface area contributed by atoms with Gasteiger partial charge in [0.1, 0.15) is 11.6 Å². The first-order valence-electron chi connectivity index (χ1n) is 14.0. The van der Waals surface area contributed by atoms with E-state index in [-0.39, 0.29) is 17.9 Å². The van der Waals surface area contributed by atoms with Crippen LogP contribution in [0.25, 0.3) is 0 Å². The number of carbonyl (C=O) groups is 1. The van der Waals surface area contributed by atoms with Gasteiger partial charge in [0.15, 0.2) is 0 Å². The maximum absolute atomic E-state index is 14.0. The van der Waals surface area contributed by atoms with Gasteiger partial charge in [0.2, 0.25) is 11.9 Å². The summed E-state index contributed by atoms with van der Waals surface area (Å²) in [6, 6.07) is 6.12. The third-order valence-corrected chi connectivity index (χ3v) is 8.70. The third-order valence-electron chi connectivity index (χ3n) is 8.70. The van der Waals surface area contributed by atoms with Gasteiger partial charge in [0, 0.05) is 36.5 Å². The molecule has 3 atom stereocenters. The van der Waals surface area contributed by atoms with Crippen molar-refractivity contribution < 1.29 is 9.18 Å². The summed E-state index contributed by atoms with van der Waals surface area (Å²) in [7, 11) is 0. The molecule has 1 saturated carbocycles. The summed E-state index contributed by atoms with van der Waals surface area (Å²) in [6.07, 6.45) is 10.7. The average Bonchev–Trinajstić information content (AvgIpc) is 3.37. The van der Waals surface area contributed by atoms with Crippen molar-refractivity contribution in [3.8, 4) is 0 Å². The summed E-state index contributed by atoms with van der Waals surface area (Å²) < 4.78 is 16.4. The van der Waals surface area contributed by atoms with Crippen LogP contribution in [0.15, 0.2) is 18.2 Å². The van der Waals surface area contributed by atoms with Crippen LogP contribution in [-0.2, 0) is 4.79 Å². The van der Waals surface area contributed by atoms with Crippen LogP contribution in [0.5, 0.6) is 0 Å². The van der Waals surface area contributed by atoms with E-state index in [9.17, 15) is 9.18 Å². The quantitative estimate of drug-likeness (QED) is 0.506. The lowest BCUT2D eigenvalue weighted by atomic mass is 9.88. The van der Waals surface area contributed by atoms with E-state index >= 15 is 0 Å². The number of nitrogens with zero attached hydrogens (tertiary/aromatic N) is 5. The molecule has 4 heterocycles. The number of halogens is 1. The predicted molar refractivity (Wildman–Crippen MR) is 137 cm³/mol. The normalized spacial score (nSPS) is 25.9. The van der Waals surface area contributed by atoms with Crippen LogP contribution in [-0.4, -0.2) is 49.2 Å². The summed E-state index contributed by atoms with van der Waals surface area (Å²) in [5, 5.41) is 12.1. The van der Waals surface area contributed by atoms with Crippen LogP contribution < -0.4 is 5.32 Å². The number of aromatic nitrogens is 4. The summed E-state index contributed by atoms with van der Waals surface area (Å²) in [6.45, 7) is 7.32. The fourth-order valence-corrected chi connectivity index (χ4v) is 6.90. The molecular weight excluding hydrogens is 455 g/mol. The standard InChI is InChI=1S/C28H41FN6O/c1-18(2)27-33-32-19(3)35(27)23-16-21-12-13-22(17-23)34(21)15-14-25(24-10-7-11-26(29)30-24)31-28(36)20-8-5-4-6-9-20/h7,10-11,18,20-23,25H,4-6,8-9,12-17H2,1-3H3,(H,31,36)/t21?,22?,23?,25-/m0/s1. The summed E-state index contributed by atoms with van der Waals surface area (Å²) in [5.41, 5.74) is 0.628. The first kappa shape index (κ1) is 25.3. The third kappa shape index (κ3) is 5.34. The Balaban J connectivity index is 1.27. The highest BCUT2D eigenvalue weighted by Gasteiger charge is 2.42. The van der Waals surface area contributed by atoms with E-state index in [1.165, 1.54) is 25.3 Å². The van der Waals surface area contributed by atoms with Crippen molar-refractivity contribution in [3.05, 3.63) is 41.5 Å². The SMILES string of the molecule is Cc1nnc(C(C)C)n1C1CC2CCC(C1)N2CC[C@H](NC(=O)C1CCCCC1)c1cccc(F)n1. The minimum absolute atomic E-state index is 0.0731. The van der Waals surface area contributed by atoms with Gasteiger partial charge >= 0.3 is 0 Å². The second kappa shape index (κ2) is 11.0. The summed E-state index contributed by atoms with van der Waals surface area (Å²) in [4.78, 5) is 19.9. The van der Waals surface area contributed by atoms with Gasteiger partial charge < -0.3 is 9.88 Å². The Kier molecular flexibility index (Phi) is 7.70. The molecule has 1 aliphatic carbocycles. The monoisotopic (exact) mass is 496 g/mol. The van der Waals surface area contributed by atoms with Crippen LogP contribution in [0.2, 0.25) is 0 Å². The lowest BCUT2D eigenvalue weighted by Gasteiger charge is -2.40. The molecular formula is C28H41FN6O. The molecule has 2 aromatic rings. The molecule has 2 aliphatic heterocycles. The van der Waals surface area contributed by atoms with Crippen LogP contribution in [0.3, 0.4) is 0 Å². The van der Waals surface area contributed by atoms with Crippen LogP contribution >= 0.6 is 0 Å². The van der Waals surface area contributed by atoms with Crippen LogP contribution in [0.1, 0.15) is 113 Å². The van der Waals surface area contributed by atoms with Gasteiger partial charge in [-0.05, 0) is 64.0 Å². The van der Waals surface area contributed by atoms with E-state index in [4.69, 9.17) is 0 Å². The van der Waals surface area contributed by atoms with Gasteiger partial charge in [-0.2, -0.15) is 4.39 Å². The van der Waals surface area contributed by atoms with Gasteiger partial charge in [0.05, 0.1) is 11.7 Å². The molecule has 3 fully saturated rings. The Labute approximate surface area is 214 Å². The van der Waals surface area contributed by atoms with Crippen molar-refractivity contribution in [1.29, 1.82) is 0 Å². The number of pyridine rings is 1. The molecule has 3 aliphatic rings. The van der Waals surface area contributed by atoms with Gasteiger partial charge in [-0.25, -0.2) is 4.98 Å². The van der Waals surface area contributed by atoms with Crippen molar-refractivity contribution in [2.24, 2.45) is 5.92 Å². The number of nitrogens with one attached hydrogen (secondary N) is 1. The number of piperidine rings is 1. The van der Waals surface area contributed by atoms with Crippen molar-refractivity contribution in [1.82, 2.24) is 30.0 Å². The second-order valence-corrected chi connectivity index (χ2v) is 11.4. The molecule has 0 radical (unpaired) electrons. The molecule has 0 aromatic carbocycles. The van der Waals surface area contributed by atoms with Crippen molar-refractivity contribution in [3.63, 3.8) is 0 Å². The van der Waals surface area contributed by atoms with E-state index in [1.54, 1.807) is 6.07 Å². The Bertz CT molecular complexity index is 1030. The van der Waals surface area contributed by atoms with Gasteiger partial charge in [-0.15, -0.1) is 10.2 Å². The Hall–Kier alpha value is -2.35. The largest absolute Gasteiger partial charge is 0.347 e. The zero-order valence-corrected chi connectivity index (χ0v) is 22.0. The molecule has 5 rings (SSSR count). The van der Waals surface area contributed by atoms with E-state index in [2.05, 4.69) is 50.7 Å². The Morgan fingerprint density at radius 1 is 1.06 bits per heavy atom. The van der Waals surface area contributed by atoms with E-state index in [0.29, 0.717) is 29.7 Å².